The molecule has 0 aliphatic heterocycles. The molecule has 6 heteroatoms. The van der Waals surface area contributed by atoms with Crippen LogP contribution in [0.3, 0.4) is 0 Å². The molecule has 0 atom stereocenters. The average molecular weight is 271 g/mol. The van der Waals surface area contributed by atoms with Gasteiger partial charge in [0.1, 0.15) is 0 Å². The molecule has 5 nitrogen and oxygen atoms in total. The van der Waals surface area contributed by atoms with Gasteiger partial charge in [-0.1, -0.05) is 6.92 Å². The zero-order chi connectivity index (χ0) is 13.4. The van der Waals surface area contributed by atoms with E-state index in [1.165, 1.54) is 4.31 Å². The lowest BCUT2D eigenvalue weighted by Gasteiger charge is -2.17. The fourth-order valence-corrected chi connectivity index (χ4v) is 2.56. The third-order valence-corrected chi connectivity index (χ3v) is 4.39. The molecular formula is C12H21N3O2S. The summed E-state index contributed by atoms with van der Waals surface area (Å²) < 4.78 is 25.3. The third kappa shape index (κ3) is 5.12. The van der Waals surface area contributed by atoms with Crippen molar-refractivity contribution in [1.29, 1.82) is 0 Å². The van der Waals surface area contributed by atoms with E-state index in [4.69, 9.17) is 0 Å². The Morgan fingerprint density at radius 3 is 2.56 bits per heavy atom. The summed E-state index contributed by atoms with van der Waals surface area (Å²) in [5.74, 6) is 0.134. The van der Waals surface area contributed by atoms with Crippen molar-refractivity contribution in [2.45, 2.75) is 19.9 Å². The zero-order valence-corrected chi connectivity index (χ0v) is 11.8. The lowest BCUT2D eigenvalue weighted by Crippen LogP contribution is -2.33. The molecule has 18 heavy (non-hydrogen) atoms. The molecule has 0 spiro atoms. The fourth-order valence-electron chi connectivity index (χ4n) is 1.50. The summed E-state index contributed by atoms with van der Waals surface area (Å²) >= 11 is 0. The van der Waals surface area contributed by atoms with Gasteiger partial charge in [0, 0.05) is 32.5 Å². The largest absolute Gasteiger partial charge is 0.316 e. The average Bonchev–Trinajstić information content (AvgIpc) is 2.36. The van der Waals surface area contributed by atoms with Crippen LogP contribution in [0.1, 0.15) is 18.9 Å². The molecule has 1 N–H and O–H groups in total. The quantitative estimate of drug-likeness (QED) is 0.712. The molecule has 0 unspecified atom stereocenters. The molecule has 102 valence electrons. The number of pyridine rings is 1. The van der Waals surface area contributed by atoms with Gasteiger partial charge >= 0.3 is 0 Å². The number of nitrogens with zero attached hydrogens (tertiary/aromatic N) is 2. The van der Waals surface area contributed by atoms with Crippen molar-refractivity contribution in [2.24, 2.45) is 0 Å². The van der Waals surface area contributed by atoms with E-state index in [1.54, 1.807) is 19.4 Å². The van der Waals surface area contributed by atoms with Crippen LogP contribution in [-0.2, 0) is 16.6 Å². The normalized spacial score (nSPS) is 11.9. The van der Waals surface area contributed by atoms with Crippen LogP contribution in [0, 0.1) is 0 Å². The van der Waals surface area contributed by atoms with Crippen molar-refractivity contribution in [3.63, 3.8) is 0 Å². The van der Waals surface area contributed by atoms with Crippen molar-refractivity contribution in [3.05, 3.63) is 30.1 Å². The third-order valence-electron chi connectivity index (χ3n) is 2.59. The van der Waals surface area contributed by atoms with Crippen molar-refractivity contribution >= 4 is 10.0 Å². The van der Waals surface area contributed by atoms with Gasteiger partial charge in [-0.2, -0.15) is 0 Å². The first-order chi connectivity index (χ1) is 8.56. The smallest absolute Gasteiger partial charge is 0.215 e. The Labute approximate surface area is 109 Å². The predicted octanol–water partition coefficient (Wildman–Crippen LogP) is 0.843. The van der Waals surface area contributed by atoms with Crippen LogP contribution in [0.2, 0.25) is 0 Å². The minimum absolute atomic E-state index is 0.134. The molecule has 0 saturated carbocycles. The molecule has 0 aliphatic rings. The van der Waals surface area contributed by atoms with E-state index < -0.39 is 10.0 Å². The van der Waals surface area contributed by atoms with Gasteiger partial charge in [-0.3, -0.25) is 4.98 Å². The van der Waals surface area contributed by atoms with E-state index in [0.717, 1.165) is 18.5 Å². The summed E-state index contributed by atoms with van der Waals surface area (Å²) in [5, 5.41) is 3.09. The first-order valence-corrected chi connectivity index (χ1v) is 7.71. The second-order valence-electron chi connectivity index (χ2n) is 4.18. The van der Waals surface area contributed by atoms with Gasteiger partial charge in [-0.15, -0.1) is 0 Å². The molecule has 1 rings (SSSR count). The standard InChI is InChI=1S/C12H21N3O2S/c1-3-6-13-9-10-18(16,17)15(2)11-12-4-7-14-8-5-12/h4-5,7-8,13H,3,6,9-11H2,1-2H3. The minimum Gasteiger partial charge on any atom is -0.316 e. The number of nitrogens with one attached hydrogen (secondary N) is 1. The summed E-state index contributed by atoms with van der Waals surface area (Å²) in [6.07, 6.45) is 4.34. The van der Waals surface area contributed by atoms with Crippen LogP contribution in [0.15, 0.2) is 24.5 Å². The van der Waals surface area contributed by atoms with E-state index in [2.05, 4.69) is 17.2 Å². The van der Waals surface area contributed by atoms with Gasteiger partial charge in [-0.25, -0.2) is 12.7 Å². The number of hydrogen-bond donors (Lipinski definition) is 1. The molecule has 0 saturated heterocycles. The monoisotopic (exact) mass is 271 g/mol. The zero-order valence-electron chi connectivity index (χ0n) is 11.0. The van der Waals surface area contributed by atoms with E-state index >= 15 is 0 Å². The molecule has 1 heterocycles. The minimum atomic E-state index is -3.19. The van der Waals surface area contributed by atoms with Gasteiger partial charge in [0.2, 0.25) is 10.0 Å². The van der Waals surface area contributed by atoms with Gasteiger partial charge in [0.25, 0.3) is 0 Å². The van der Waals surface area contributed by atoms with Crippen molar-refractivity contribution in [1.82, 2.24) is 14.6 Å². The molecule has 0 aliphatic carbocycles. The van der Waals surface area contributed by atoms with E-state index in [1.807, 2.05) is 12.1 Å². The van der Waals surface area contributed by atoms with Crippen molar-refractivity contribution < 1.29 is 8.42 Å². The number of aromatic nitrogens is 1. The Bertz CT molecular complexity index is 434. The number of rotatable bonds is 8. The highest BCUT2D eigenvalue weighted by atomic mass is 32.2. The van der Waals surface area contributed by atoms with Crippen LogP contribution >= 0.6 is 0 Å². The van der Waals surface area contributed by atoms with Crippen LogP contribution in [0.4, 0.5) is 0 Å². The number of sulfonamides is 1. The first kappa shape index (κ1) is 15.1. The summed E-state index contributed by atoms with van der Waals surface area (Å²) in [5.41, 5.74) is 0.942. The Balaban J connectivity index is 2.46. The maximum absolute atomic E-state index is 12.0. The topological polar surface area (TPSA) is 62.3 Å². The summed E-state index contributed by atoms with van der Waals surface area (Å²) in [7, 11) is -1.58. The molecule has 0 fully saturated rings. The number of hydrogen-bond acceptors (Lipinski definition) is 4. The Kier molecular flexibility index (Phi) is 6.24. The molecule has 0 amide bonds. The first-order valence-electron chi connectivity index (χ1n) is 6.10. The lowest BCUT2D eigenvalue weighted by atomic mass is 10.3. The van der Waals surface area contributed by atoms with Gasteiger partial charge in [0.05, 0.1) is 5.75 Å². The lowest BCUT2D eigenvalue weighted by molar-refractivity contribution is 0.465. The van der Waals surface area contributed by atoms with E-state index in [-0.39, 0.29) is 5.75 Å². The van der Waals surface area contributed by atoms with Gasteiger partial charge < -0.3 is 5.32 Å². The van der Waals surface area contributed by atoms with Crippen LogP contribution in [0.5, 0.6) is 0 Å². The Hall–Kier alpha value is -0.980. The van der Waals surface area contributed by atoms with Crippen molar-refractivity contribution in [3.8, 4) is 0 Å². The van der Waals surface area contributed by atoms with Crippen LogP contribution in [0.25, 0.3) is 0 Å². The molecule has 1 aromatic rings. The maximum Gasteiger partial charge on any atom is 0.215 e. The molecular weight excluding hydrogens is 250 g/mol. The fraction of sp³-hybridized carbons (Fsp3) is 0.583. The SMILES string of the molecule is CCCNCCS(=O)(=O)N(C)Cc1ccncc1. The Morgan fingerprint density at radius 2 is 1.94 bits per heavy atom. The second-order valence-corrected chi connectivity index (χ2v) is 6.37. The summed E-state index contributed by atoms with van der Waals surface area (Å²) in [4.78, 5) is 3.91. The van der Waals surface area contributed by atoms with Crippen molar-refractivity contribution in [2.75, 3.05) is 25.9 Å². The highest BCUT2D eigenvalue weighted by Gasteiger charge is 2.17. The maximum atomic E-state index is 12.0. The highest BCUT2D eigenvalue weighted by molar-refractivity contribution is 7.89. The van der Waals surface area contributed by atoms with Gasteiger partial charge in [0.15, 0.2) is 0 Å². The molecule has 0 radical (unpaired) electrons. The second kappa shape index (κ2) is 7.45. The van der Waals surface area contributed by atoms with Crippen LogP contribution in [-0.4, -0.2) is 43.6 Å². The van der Waals surface area contributed by atoms with E-state index in [0.29, 0.717) is 13.1 Å². The molecule has 0 bridgehead atoms. The van der Waals surface area contributed by atoms with Crippen LogP contribution < -0.4 is 5.32 Å². The summed E-state index contributed by atoms with van der Waals surface area (Å²) in [6, 6.07) is 3.64. The van der Waals surface area contributed by atoms with E-state index in [9.17, 15) is 8.42 Å². The predicted molar refractivity (Wildman–Crippen MR) is 72.7 cm³/mol. The van der Waals surface area contributed by atoms with Gasteiger partial charge in [-0.05, 0) is 30.7 Å². The highest BCUT2D eigenvalue weighted by Crippen LogP contribution is 2.06. The Morgan fingerprint density at radius 1 is 1.28 bits per heavy atom. The molecule has 1 aromatic heterocycles. The summed E-state index contributed by atoms with van der Waals surface area (Å²) in [6.45, 7) is 3.79. The molecule has 0 aromatic carbocycles.